The van der Waals surface area contributed by atoms with Crippen LogP contribution in [0.2, 0.25) is 0 Å². The molecule has 41 heavy (non-hydrogen) atoms. The molecule has 0 aliphatic heterocycles. The SMILES string of the molecule is O=C(O)c1ccc(-n2cc(-c3ccc(-c4cn(-c5ccc(C(=O)O)c(C(F)(F)F)c5)nn4)[nH]3)nn2)cc1C(F)(F)F. The van der Waals surface area contributed by atoms with Crippen molar-refractivity contribution in [2.45, 2.75) is 12.4 Å². The molecule has 5 rings (SSSR count). The number of nitrogens with zero attached hydrogens (tertiary/aromatic N) is 6. The second kappa shape index (κ2) is 9.61. The van der Waals surface area contributed by atoms with Gasteiger partial charge in [-0.2, -0.15) is 26.3 Å². The van der Waals surface area contributed by atoms with E-state index >= 15 is 0 Å². The summed E-state index contributed by atoms with van der Waals surface area (Å²) in [6.07, 6.45) is -7.26. The zero-order chi connectivity index (χ0) is 29.7. The molecule has 0 spiro atoms. The molecule has 0 bridgehead atoms. The number of carboxylic acids is 2. The first-order valence-corrected chi connectivity index (χ1v) is 11.2. The third kappa shape index (κ3) is 5.23. The van der Waals surface area contributed by atoms with Gasteiger partial charge in [-0.15, -0.1) is 10.2 Å². The number of nitrogens with one attached hydrogen (secondary N) is 1. The van der Waals surface area contributed by atoms with Crippen molar-refractivity contribution in [2.24, 2.45) is 0 Å². The minimum Gasteiger partial charge on any atom is -0.478 e. The fourth-order valence-electron chi connectivity index (χ4n) is 3.91. The Hall–Kier alpha value is -5.48. The standard InChI is InChI=1S/C24H13F6N7O4/c25-23(26,27)15-7-11(1-3-13(15)21(38)39)36-9-19(32-34-36)17-5-6-18(31-17)20-10-37(35-33-20)12-2-4-14(22(40)41)16(8-12)24(28,29)30/h1-10,31H,(H,38,39)(H,40,41). The Morgan fingerprint density at radius 3 is 1.39 bits per heavy atom. The van der Waals surface area contributed by atoms with Crippen LogP contribution < -0.4 is 0 Å². The molecule has 11 nitrogen and oxygen atoms in total. The molecular weight excluding hydrogens is 564 g/mol. The first kappa shape index (κ1) is 27.1. The van der Waals surface area contributed by atoms with Crippen LogP contribution in [-0.2, 0) is 12.4 Å². The second-order valence-corrected chi connectivity index (χ2v) is 8.45. The number of benzene rings is 2. The van der Waals surface area contributed by atoms with Crippen LogP contribution in [0.5, 0.6) is 0 Å². The highest BCUT2D eigenvalue weighted by molar-refractivity contribution is 5.90. The number of rotatable bonds is 6. The number of carboxylic acid groups (broad SMARTS) is 2. The minimum atomic E-state index is -4.93. The van der Waals surface area contributed by atoms with Crippen LogP contribution in [0.3, 0.4) is 0 Å². The van der Waals surface area contributed by atoms with Gasteiger partial charge in [0, 0.05) is 0 Å². The zero-order valence-corrected chi connectivity index (χ0v) is 19.9. The molecule has 0 radical (unpaired) electrons. The molecule has 2 aromatic carbocycles. The van der Waals surface area contributed by atoms with Crippen molar-refractivity contribution >= 4 is 11.9 Å². The number of carbonyl (C=O) groups is 2. The van der Waals surface area contributed by atoms with Crippen molar-refractivity contribution in [2.75, 3.05) is 0 Å². The summed E-state index contributed by atoms with van der Waals surface area (Å²) in [7, 11) is 0. The molecule has 0 saturated heterocycles. The Morgan fingerprint density at radius 1 is 0.659 bits per heavy atom. The maximum atomic E-state index is 13.4. The Bertz CT molecular complexity index is 1670. The van der Waals surface area contributed by atoms with Gasteiger partial charge < -0.3 is 15.2 Å². The minimum absolute atomic E-state index is 0.0945. The summed E-state index contributed by atoms with van der Waals surface area (Å²) >= 11 is 0. The van der Waals surface area contributed by atoms with E-state index in [1.54, 1.807) is 12.1 Å². The number of H-pyrrole nitrogens is 1. The largest absolute Gasteiger partial charge is 0.478 e. The van der Waals surface area contributed by atoms with Gasteiger partial charge in [-0.1, -0.05) is 10.4 Å². The summed E-state index contributed by atoms with van der Waals surface area (Å²) in [5.74, 6) is -3.48. The van der Waals surface area contributed by atoms with E-state index in [2.05, 4.69) is 25.6 Å². The van der Waals surface area contributed by atoms with Crippen LogP contribution in [0.15, 0.2) is 60.9 Å². The van der Waals surface area contributed by atoms with Crippen LogP contribution >= 0.6 is 0 Å². The molecule has 0 aliphatic carbocycles. The van der Waals surface area contributed by atoms with Gasteiger partial charge in [-0.25, -0.2) is 19.0 Å². The molecule has 5 aromatic rings. The quantitative estimate of drug-likeness (QED) is 0.240. The predicted octanol–water partition coefficient (Wildman–Crippen LogP) is 4.94. The average Bonchev–Trinajstić information content (AvgIpc) is 3.67. The third-order valence-corrected chi connectivity index (χ3v) is 5.83. The lowest BCUT2D eigenvalue weighted by molar-refractivity contribution is -0.138. The molecule has 0 aliphatic rings. The number of aromatic amines is 1. The number of aromatic nitrogens is 7. The van der Waals surface area contributed by atoms with E-state index in [4.69, 9.17) is 10.2 Å². The molecule has 210 valence electrons. The van der Waals surface area contributed by atoms with E-state index in [0.717, 1.165) is 33.6 Å². The van der Waals surface area contributed by atoms with Gasteiger partial charge in [0.05, 0.1) is 57.4 Å². The lowest BCUT2D eigenvalue weighted by Gasteiger charge is -2.11. The highest BCUT2D eigenvalue weighted by Gasteiger charge is 2.37. The summed E-state index contributed by atoms with van der Waals surface area (Å²) in [6.45, 7) is 0. The summed E-state index contributed by atoms with van der Waals surface area (Å²) in [5.41, 5.74) is -3.65. The van der Waals surface area contributed by atoms with Gasteiger partial charge >= 0.3 is 24.3 Å². The lowest BCUT2D eigenvalue weighted by Crippen LogP contribution is -2.14. The monoisotopic (exact) mass is 577 g/mol. The van der Waals surface area contributed by atoms with E-state index in [1.807, 2.05) is 0 Å². The van der Waals surface area contributed by atoms with Crippen molar-refractivity contribution in [1.29, 1.82) is 0 Å². The summed E-state index contributed by atoms with van der Waals surface area (Å²) in [6, 6.07) is 8.25. The number of hydrogen-bond acceptors (Lipinski definition) is 6. The van der Waals surface area contributed by atoms with E-state index in [0.29, 0.717) is 23.5 Å². The van der Waals surface area contributed by atoms with Gasteiger partial charge in [0.1, 0.15) is 11.4 Å². The molecule has 0 saturated carbocycles. The molecule has 0 unspecified atom stereocenters. The zero-order valence-electron chi connectivity index (χ0n) is 19.9. The summed E-state index contributed by atoms with van der Waals surface area (Å²) in [4.78, 5) is 25.3. The maximum Gasteiger partial charge on any atom is 0.417 e. The van der Waals surface area contributed by atoms with E-state index < -0.39 is 46.5 Å². The van der Waals surface area contributed by atoms with Crippen molar-refractivity contribution < 1.29 is 46.1 Å². The van der Waals surface area contributed by atoms with Crippen LogP contribution in [0, 0.1) is 0 Å². The van der Waals surface area contributed by atoms with Gasteiger partial charge in [-0.3, -0.25) is 0 Å². The smallest absolute Gasteiger partial charge is 0.417 e. The maximum absolute atomic E-state index is 13.4. The highest BCUT2D eigenvalue weighted by atomic mass is 19.4. The second-order valence-electron chi connectivity index (χ2n) is 8.45. The average molecular weight is 577 g/mol. The summed E-state index contributed by atoms with van der Waals surface area (Å²) in [5, 5.41) is 33.6. The Balaban J connectivity index is 1.42. The Morgan fingerprint density at radius 2 is 1.05 bits per heavy atom. The fraction of sp³-hybridized carbons (Fsp3) is 0.0833. The summed E-state index contributed by atoms with van der Waals surface area (Å²) < 4.78 is 82.3. The van der Waals surface area contributed by atoms with Crippen molar-refractivity contribution in [3.63, 3.8) is 0 Å². The fourth-order valence-corrected chi connectivity index (χ4v) is 3.91. The molecule has 3 N–H and O–H groups in total. The molecule has 17 heteroatoms. The topological polar surface area (TPSA) is 152 Å². The highest BCUT2D eigenvalue weighted by Crippen LogP contribution is 2.35. The number of alkyl halides is 6. The molecule has 0 amide bonds. The Labute approximate surface area is 223 Å². The number of aromatic carboxylic acids is 2. The lowest BCUT2D eigenvalue weighted by atomic mass is 10.1. The normalized spacial score (nSPS) is 12.0. The Kier molecular flexibility index (Phi) is 6.35. The molecular formula is C24H13F6N7O4. The van der Waals surface area contributed by atoms with Crippen molar-refractivity contribution in [1.82, 2.24) is 35.0 Å². The van der Waals surface area contributed by atoms with Gasteiger partial charge in [0.15, 0.2) is 0 Å². The van der Waals surface area contributed by atoms with Gasteiger partial charge in [0.25, 0.3) is 0 Å². The molecule has 0 fully saturated rings. The van der Waals surface area contributed by atoms with Crippen LogP contribution in [0.25, 0.3) is 34.2 Å². The van der Waals surface area contributed by atoms with Gasteiger partial charge in [-0.05, 0) is 48.5 Å². The van der Waals surface area contributed by atoms with E-state index in [1.165, 1.54) is 12.4 Å². The van der Waals surface area contributed by atoms with E-state index in [-0.39, 0.29) is 22.8 Å². The van der Waals surface area contributed by atoms with Crippen LogP contribution in [0.1, 0.15) is 31.8 Å². The van der Waals surface area contributed by atoms with Crippen molar-refractivity contribution in [3.8, 4) is 34.2 Å². The van der Waals surface area contributed by atoms with E-state index in [9.17, 15) is 35.9 Å². The van der Waals surface area contributed by atoms with Gasteiger partial charge in [0.2, 0.25) is 0 Å². The van der Waals surface area contributed by atoms with Crippen LogP contribution in [0.4, 0.5) is 26.3 Å². The molecule has 3 heterocycles. The number of halogens is 6. The number of hydrogen-bond donors (Lipinski definition) is 3. The van der Waals surface area contributed by atoms with Crippen molar-refractivity contribution in [3.05, 3.63) is 83.2 Å². The molecule has 0 atom stereocenters. The first-order chi connectivity index (χ1) is 19.2. The first-order valence-electron chi connectivity index (χ1n) is 11.2. The molecule has 3 aromatic heterocycles. The third-order valence-electron chi connectivity index (χ3n) is 5.83. The van der Waals surface area contributed by atoms with Crippen LogP contribution in [-0.4, -0.2) is 57.1 Å². The predicted molar refractivity (Wildman–Crippen MR) is 125 cm³/mol.